The van der Waals surface area contributed by atoms with Crippen molar-refractivity contribution in [2.75, 3.05) is 33.4 Å². The van der Waals surface area contributed by atoms with E-state index in [9.17, 15) is 9.90 Å². The van der Waals surface area contributed by atoms with Crippen molar-refractivity contribution in [3.05, 3.63) is 132 Å². The highest BCUT2D eigenvalue weighted by molar-refractivity contribution is 6.01. The molecule has 1 aromatic heterocycles. The summed E-state index contributed by atoms with van der Waals surface area (Å²) in [5.74, 6) is 1.14. The number of para-hydroxylation sites is 1. The molecule has 4 aromatic carbocycles. The molecule has 1 N–H and O–H groups in total. The summed E-state index contributed by atoms with van der Waals surface area (Å²) in [6.45, 7) is 7.52. The number of benzene rings is 4. The van der Waals surface area contributed by atoms with Gasteiger partial charge in [-0.3, -0.25) is 9.69 Å². The van der Waals surface area contributed by atoms with Crippen LogP contribution in [0.2, 0.25) is 0 Å². The number of methoxy groups -OCH3 is 1. The van der Waals surface area contributed by atoms with Gasteiger partial charge in [0, 0.05) is 37.9 Å². The number of ether oxygens (including phenoxy) is 2. The summed E-state index contributed by atoms with van der Waals surface area (Å²) in [4.78, 5) is 19.3. The molecule has 2 heterocycles. The van der Waals surface area contributed by atoms with Gasteiger partial charge in [0.25, 0.3) is 5.91 Å². The van der Waals surface area contributed by atoms with Crippen molar-refractivity contribution in [3.8, 4) is 34.2 Å². The normalized spacial score (nSPS) is 15.1. The molecule has 7 nitrogen and oxygen atoms in total. The Morgan fingerprint density at radius 1 is 0.870 bits per heavy atom. The second-order valence-electron chi connectivity index (χ2n) is 11.7. The molecule has 1 fully saturated rings. The van der Waals surface area contributed by atoms with Gasteiger partial charge in [-0.1, -0.05) is 66.7 Å². The maximum absolute atomic E-state index is 14.8. The third kappa shape index (κ3) is 6.51. The molecule has 0 saturated carbocycles. The zero-order chi connectivity index (χ0) is 32.0. The Hall–Kier alpha value is -5.01. The van der Waals surface area contributed by atoms with Crippen molar-refractivity contribution < 1.29 is 19.4 Å². The molecule has 1 unspecified atom stereocenters. The standard InChI is InChI=1S/C39H41N3O4/c1-4-46-33-20-18-31(19-21-33)37-34(24-28(2)42(37)35-16-11-17-36(43)38(35)45-3)39(44)41-23-22-40(26-30-14-9-6-10-15-30)27-32(41)25-29-12-7-5-8-13-29/h5-21,24,32,43H,4,22-23,25-27H2,1-3H3. The monoisotopic (exact) mass is 615 g/mol. The lowest BCUT2D eigenvalue weighted by Crippen LogP contribution is -2.55. The van der Waals surface area contributed by atoms with Gasteiger partial charge in [0.15, 0.2) is 11.5 Å². The summed E-state index contributed by atoms with van der Waals surface area (Å²) in [6, 6.07) is 36.0. The van der Waals surface area contributed by atoms with E-state index in [0.717, 1.165) is 48.8 Å². The van der Waals surface area contributed by atoms with Crippen LogP contribution >= 0.6 is 0 Å². The fraction of sp³-hybridized carbons (Fsp3) is 0.256. The summed E-state index contributed by atoms with van der Waals surface area (Å²) in [7, 11) is 1.54. The van der Waals surface area contributed by atoms with Crippen LogP contribution in [-0.4, -0.2) is 64.8 Å². The summed E-state index contributed by atoms with van der Waals surface area (Å²) in [5, 5.41) is 10.7. The van der Waals surface area contributed by atoms with Gasteiger partial charge in [-0.15, -0.1) is 0 Å². The van der Waals surface area contributed by atoms with Gasteiger partial charge in [-0.05, 0) is 79.4 Å². The maximum Gasteiger partial charge on any atom is 0.256 e. The van der Waals surface area contributed by atoms with Crippen LogP contribution in [0.15, 0.2) is 109 Å². The van der Waals surface area contributed by atoms with E-state index in [2.05, 4.69) is 58.3 Å². The minimum atomic E-state index is -0.0143. The predicted molar refractivity (Wildman–Crippen MR) is 182 cm³/mol. The highest BCUT2D eigenvalue weighted by Crippen LogP contribution is 2.39. The number of phenolic OH excluding ortho intramolecular Hbond substituents is 1. The molecule has 0 aliphatic carbocycles. The summed E-state index contributed by atoms with van der Waals surface area (Å²) in [5.41, 5.74) is 6.23. The highest BCUT2D eigenvalue weighted by atomic mass is 16.5. The molecule has 1 saturated heterocycles. The van der Waals surface area contributed by atoms with Crippen molar-refractivity contribution in [1.29, 1.82) is 0 Å². The van der Waals surface area contributed by atoms with Gasteiger partial charge in [-0.2, -0.15) is 0 Å². The number of carbonyl (C=O) groups is 1. The quantitative estimate of drug-likeness (QED) is 0.181. The number of aromatic hydroxyl groups is 1. The molecule has 1 amide bonds. The second-order valence-corrected chi connectivity index (χ2v) is 11.7. The van der Waals surface area contributed by atoms with Crippen LogP contribution in [0.3, 0.4) is 0 Å². The topological polar surface area (TPSA) is 67.2 Å². The highest BCUT2D eigenvalue weighted by Gasteiger charge is 2.34. The average molecular weight is 616 g/mol. The lowest BCUT2D eigenvalue weighted by Gasteiger charge is -2.42. The molecule has 6 rings (SSSR count). The minimum Gasteiger partial charge on any atom is -0.504 e. The number of nitrogens with zero attached hydrogens (tertiary/aromatic N) is 3. The number of aryl methyl sites for hydroxylation is 1. The molecule has 46 heavy (non-hydrogen) atoms. The van der Waals surface area contributed by atoms with Crippen molar-refractivity contribution in [3.63, 3.8) is 0 Å². The number of phenols is 1. The number of rotatable bonds is 10. The maximum atomic E-state index is 14.8. The van der Waals surface area contributed by atoms with Crippen LogP contribution in [0.4, 0.5) is 0 Å². The van der Waals surface area contributed by atoms with Crippen molar-refractivity contribution in [2.24, 2.45) is 0 Å². The van der Waals surface area contributed by atoms with Gasteiger partial charge in [0.05, 0.1) is 30.7 Å². The van der Waals surface area contributed by atoms with E-state index < -0.39 is 0 Å². The first-order valence-corrected chi connectivity index (χ1v) is 15.9. The molecule has 1 atom stereocenters. The van der Waals surface area contributed by atoms with E-state index in [1.807, 2.05) is 66.9 Å². The van der Waals surface area contributed by atoms with Crippen LogP contribution in [0, 0.1) is 6.92 Å². The second kappa shape index (κ2) is 14.0. The van der Waals surface area contributed by atoms with Crippen molar-refractivity contribution in [2.45, 2.75) is 32.9 Å². The Kier molecular flexibility index (Phi) is 9.41. The number of aromatic nitrogens is 1. The first kappa shape index (κ1) is 31.0. The van der Waals surface area contributed by atoms with E-state index >= 15 is 0 Å². The van der Waals surface area contributed by atoms with Crippen LogP contribution in [-0.2, 0) is 13.0 Å². The van der Waals surface area contributed by atoms with Crippen LogP contribution in [0.25, 0.3) is 16.9 Å². The third-order valence-electron chi connectivity index (χ3n) is 8.66. The van der Waals surface area contributed by atoms with Crippen LogP contribution < -0.4 is 9.47 Å². The molecule has 5 aromatic rings. The van der Waals surface area contributed by atoms with E-state index in [1.165, 1.54) is 11.1 Å². The lowest BCUT2D eigenvalue weighted by atomic mass is 9.99. The van der Waals surface area contributed by atoms with E-state index in [-0.39, 0.29) is 17.7 Å². The van der Waals surface area contributed by atoms with Crippen molar-refractivity contribution >= 4 is 5.91 Å². The molecular weight excluding hydrogens is 574 g/mol. The SMILES string of the molecule is CCOc1ccc(-c2c(C(=O)N3CCN(Cc4ccccc4)CC3Cc3ccccc3)cc(C)n2-c2cccc(O)c2OC)cc1. The zero-order valence-corrected chi connectivity index (χ0v) is 26.7. The Labute approximate surface area is 271 Å². The Morgan fingerprint density at radius 3 is 2.24 bits per heavy atom. The molecule has 0 spiro atoms. The summed E-state index contributed by atoms with van der Waals surface area (Å²) in [6.07, 6.45) is 0.760. The van der Waals surface area contributed by atoms with Crippen molar-refractivity contribution in [1.82, 2.24) is 14.4 Å². The Morgan fingerprint density at radius 2 is 1.57 bits per heavy atom. The third-order valence-corrected chi connectivity index (χ3v) is 8.66. The largest absolute Gasteiger partial charge is 0.504 e. The van der Waals surface area contributed by atoms with Gasteiger partial charge in [0.2, 0.25) is 0 Å². The summed E-state index contributed by atoms with van der Waals surface area (Å²) >= 11 is 0. The van der Waals surface area contributed by atoms with Gasteiger partial charge >= 0.3 is 0 Å². The summed E-state index contributed by atoms with van der Waals surface area (Å²) < 4.78 is 13.4. The fourth-order valence-corrected chi connectivity index (χ4v) is 6.56. The first-order chi connectivity index (χ1) is 22.5. The Bertz CT molecular complexity index is 1770. The number of piperazine rings is 1. The van der Waals surface area contributed by atoms with Gasteiger partial charge in [0.1, 0.15) is 5.75 Å². The zero-order valence-electron chi connectivity index (χ0n) is 26.7. The molecule has 1 aliphatic heterocycles. The first-order valence-electron chi connectivity index (χ1n) is 15.9. The van der Waals surface area contributed by atoms with E-state index in [1.54, 1.807) is 19.2 Å². The molecule has 1 aliphatic rings. The average Bonchev–Trinajstić information content (AvgIpc) is 3.42. The molecule has 0 bridgehead atoms. The molecule has 7 heteroatoms. The molecule has 236 valence electrons. The van der Waals surface area contributed by atoms with E-state index in [0.29, 0.717) is 30.2 Å². The van der Waals surface area contributed by atoms with Gasteiger partial charge in [-0.25, -0.2) is 0 Å². The van der Waals surface area contributed by atoms with Crippen LogP contribution in [0.1, 0.15) is 34.1 Å². The van der Waals surface area contributed by atoms with Gasteiger partial charge < -0.3 is 24.0 Å². The predicted octanol–water partition coefficient (Wildman–Crippen LogP) is 7.13. The smallest absolute Gasteiger partial charge is 0.256 e. The minimum absolute atomic E-state index is 0.00912. The molecule has 0 radical (unpaired) electrons. The number of hydrogen-bond acceptors (Lipinski definition) is 5. The number of amides is 1. The van der Waals surface area contributed by atoms with E-state index in [4.69, 9.17) is 9.47 Å². The number of hydrogen-bond donors (Lipinski definition) is 1. The fourth-order valence-electron chi connectivity index (χ4n) is 6.56. The lowest BCUT2D eigenvalue weighted by molar-refractivity contribution is 0.0439. The molecular formula is C39H41N3O4. The Balaban J connectivity index is 1.42. The number of carbonyl (C=O) groups excluding carboxylic acids is 1. The van der Waals surface area contributed by atoms with Crippen LogP contribution in [0.5, 0.6) is 17.2 Å².